The van der Waals surface area contributed by atoms with Crippen molar-refractivity contribution in [3.63, 3.8) is 0 Å². The average molecular weight is 369 g/mol. The molecule has 0 N–H and O–H groups in total. The van der Waals surface area contributed by atoms with Crippen LogP contribution >= 0.6 is 0 Å². The Kier molecular flexibility index (Phi) is 4.09. The molecule has 0 aromatic carbocycles. The Balaban J connectivity index is 1.63. The zero-order valence-electron chi connectivity index (χ0n) is 15.3. The number of methoxy groups -OCH3 is 1. The van der Waals surface area contributed by atoms with Crippen LogP contribution in [-0.4, -0.2) is 59.8 Å². The predicted octanol–water partition coefficient (Wildman–Crippen LogP) is 0.887. The van der Waals surface area contributed by atoms with E-state index in [9.17, 15) is 9.59 Å². The van der Waals surface area contributed by atoms with Gasteiger partial charge in [-0.25, -0.2) is 14.3 Å². The van der Waals surface area contributed by atoms with Crippen LogP contribution in [0.5, 0.6) is 0 Å². The lowest BCUT2D eigenvalue weighted by Crippen LogP contribution is -2.39. The van der Waals surface area contributed by atoms with Crippen molar-refractivity contribution in [2.45, 2.75) is 32.9 Å². The van der Waals surface area contributed by atoms with E-state index in [4.69, 9.17) is 4.74 Å². The molecule has 0 radical (unpaired) electrons. The Labute approximate surface area is 154 Å². The van der Waals surface area contributed by atoms with Gasteiger partial charge in [0.05, 0.1) is 31.6 Å². The lowest BCUT2D eigenvalue weighted by atomic mass is 10.1. The molecule has 0 saturated heterocycles. The SMILES string of the molecule is COC(=O)c1cc2n(n1)CCN(C(=O)c1cc(C(C)C)n3ncnc3n1)C2. The van der Waals surface area contributed by atoms with Crippen LogP contribution in [-0.2, 0) is 17.8 Å². The fourth-order valence-corrected chi connectivity index (χ4v) is 3.16. The molecule has 27 heavy (non-hydrogen) atoms. The predicted molar refractivity (Wildman–Crippen MR) is 93.2 cm³/mol. The molecule has 0 saturated carbocycles. The molecule has 140 valence electrons. The van der Waals surface area contributed by atoms with Gasteiger partial charge in [-0.2, -0.15) is 15.2 Å². The molecule has 4 rings (SSSR count). The van der Waals surface area contributed by atoms with Gasteiger partial charge in [-0.1, -0.05) is 13.8 Å². The number of carbonyl (C=O) groups is 2. The van der Waals surface area contributed by atoms with Gasteiger partial charge in [-0.05, 0) is 18.1 Å². The van der Waals surface area contributed by atoms with E-state index in [-0.39, 0.29) is 17.5 Å². The van der Waals surface area contributed by atoms with Crippen LogP contribution in [0.15, 0.2) is 18.5 Å². The van der Waals surface area contributed by atoms with Gasteiger partial charge in [0.15, 0.2) is 5.69 Å². The molecular formula is C17H19N7O3. The molecule has 0 fully saturated rings. The highest BCUT2D eigenvalue weighted by Gasteiger charge is 2.26. The van der Waals surface area contributed by atoms with Crippen LogP contribution in [0.2, 0.25) is 0 Å². The summed E-state index contributed by atoms with van der Waals surface area (Å²) >= 11 is 0. The molecule has 3 aromatic heterocycles. The van der Waals surface area contributed by atoms with E-state index in [1.54, 1.807) is 26.2 Å². The molecule has 1 aliphatic rings. The maximum absolute atomic E-state index is 13.0. The zero-order valence-corrected chi connectivity index (χ0v) is 15.3. The van der Waals surface area contributed by atoms with Crippen molar-refractivity contribution in [1.82, 2.24) is 34.3 Å². The lowest BCUT2D eigenvalue weighted by molar-refractivity contribution is 0.0591. The molecule has 1 aliphatic heterocycles. The first-order valence-electron chi connectivity index (χ1n) is 8.63. The van der Waals surface area contributed by atoms with Gasteiger partial charge in [0, 0.05) is 6.54 Å². The van der Waals surface area contributed by atoms with E-state index in [0.717, 1.165) is 11.4 Å². The van der Waals surface area contributed by atoms with E-state index < -0.39 is 5.97 Å². The van der Waals surface area contributed by atoms with E-state index in [1.165, 1.54) is 13.4 Å². The van der Waals surface area contributed by atoms with Crippen molar-refractivity contribution in [1.29, 1.82) is 0 Å². The minimum Gasteiger partial charge on any atom is -0.464 e. The molecule has 4 heterocycles. The molecule has 1 amide bonds. The van der Waals surface area contributed by atoms with Crippen LogP contribution < -0.4 is 0 Å². The molecule has 0 spiro atoms. The summed E-state index contributed by atoms with van der Waals surface area (Å²) in [5.41, 5.74) is 2.23. The van der Waals surface area contributed by atoms with Crippen molar-refractivity contribution >= 4 is 17.7 Å². The fourth-order valence-electron chi connectivity index (χ4n) is 3.16. The molecule has 0 atom stereocenters. The monoisotopic (exact) mass is 369 g/mol. The summed E-state index contributed by atoms with van der Waals surface area (Å²) in [5, 5.41) is 8.40. The van der Waals surface area contributed by atoms with Crippen molar-refractivity contribution in [2.75, 3.05) is 13.7 Å². The van der Waals surface area contributed by atoms with Crippen molar-refractivity contribution < 1.29 is 14.3 Å². The maximum Gasteiger partial charge on any atom is 0.358 e. The van der Waals surface area contributed by atoms with Crippen LogP contribution in [0.4, 0.5) is 0 Å². The second kappa shape index (κ2) is 6.45. The van der Waals surface area contributed by atoms with Gasteiger partial charge in [0.2, 0.25) is 0 Å². The van der Waals surface area contributed by atoms with Gasteiger partial charge >= 0.3 is 5.97 Å². The minimum atomic E-state index is -0.490. The summed E-state index contributed by atoms with van der Waals surface area (Å²) in [6.45, 7) is 5.38. The highest BCUT2D eigenvalue weighted by atomic mass is 16.5. The Hall–Kier alpha value is -3.30. The quantitative estimate of drug-likeness (QED) is 0.631. The van der Waals surface area contributed by atoms with E-state index in [0.29, 0.717) is 31.1 Å². The number of nitrogens with zero attached hydrogens (tertiary/aromatic N) is 7. The highest BCUT2D eigenvalue weighted by Crippen LogP contribution is 2.19. The van der Waals surface area contributed by atoms with Gasteiger partial charge in [-0.3, -0.25) is 9.48 Å². The van der Waals surface area contributed by atoms with Gasteiger partial charge in [0.1, 0.15) is 12.0 Å². The van der Waals surface area contributed by atoms with E-state index in [2.05, 4.69) is 20.2 Å². The third-order valence-electron chi connectivity index (χ3n) is 4.57. The molecule has 10 heteroatoms. The van der Waals surface area contributed by atoms with E-state index in [1.807, 2.05) is 13.8 Å². The minimum absolute atomic E-state index is 0.161. The van der Waals surface area contributed by atoms with Crippen molar-refractivity contribution in [2.24, 2.45) is 0 Å². The summed E-state index contributed by atoms with van der Waals surface area (Å²) in [6.07, 6.45) is 1.43. The zero-order chi connectivity index (χ0) is 19.1. The normalized spacial score (nSPS) is 13.9. The Morgan fingerprint density at radius 3 is 2.74 bits per heavy atom. The van der Waals surface area contributed by atoms with Crippen LogP contribution in [0.1, 0.15) is 52.1 Å². The number of aromatic nitrogens is 6. The second-order valence-electron chi connectivity index (χ2n) is 6.66. The van der Waals surface area contributed by atoms with Crippen molar-refractivity contribution in [3.05, 3.63) is 41.2 Å². The van der Waals surface area contributed by atoms with Crippen molar-refractivity contribution in [3.8, 4) is 0 Å². The second-order valence-corrected chi connectivity index (χ2v) is 6.66. The standard InChI is InChI=1S/C17H19N7O3/c1-10(2)14-7-12(20-17-18-9-19-24(14)17)15(25)22-4-5-23-11(8-22)6-13(21-23)16(26)27-3/h6-7,9-10H,4-5,8H2,1-3H3. The Morgan fingerprint density at radius 1 is 1.19 bits per heavy atom. The molecular weight excluding hydrogens is 350 g/mol. The first-order valence-corrected chi connectivity index (χ1v) is 8.63. The number of hydrogen-bond donors (Lipinski definition) is 0. The number of amides is 1. The fraction of sp³-hybridized carbons (Fsp3) is 0.412. The summed E-state index contributed by atoms with van der Waals surface area (Å²) < 4.78 is 8.08. The highest BCUT2D eigenvalue weighted by molar-refractivity contribution is 5.93. The first kappa shape index (κ1) is 17.1. The van der Waals surface area contributed by atoms with E-state index >= 15 is 0 Å². The number of rotatable bonds is 3. The Bertz CT molecular complexity index is 1040. The molecule has 0 unspecified atom stereocenters. The van der Waals surface area contributed by atoms with Gasteiger partial charge < -0.3 is 9.64 Å². The number of fused-ring (bicyclic) bond motifs is 2. The molecule has 10 nitrogen and oxygen atoms in total. The molecule has 0 bridgehead atoms. The lowest BCUT2D eigenvalue weighted by Gasteiger charge is -2.27. The average Bonchev–Trinajstić information content (AvgIpc) is 3.31. The number of esters is 1. The summed E-state index contributed by atoms with van der Waals surface area (Å²) in [4.78, 5) is 34.9. The smallest absolute Gasteiger partial charge is 0.358 e. The largest absolute Gasteiger partial charge is 0.464 e. The third-order valence-corrected chi connectivity index (χ3v) is 4.57. The van der Waals surface area contributed by atoms with Crippen LogP contribution in [0, 0.1) is 0 Å². The number of ether oxygens (including phenoxy) is 1. The number of carbonyl (C=O) groups excluding carboxylic acids is 2. The van der Waals surface area contributed by atoms with Crippen LogP contribution in [0.25, 0.3) is 5.78 Å². The number of hydrogen-bond acceptors (Lipinski definition) is 7. The van der Waals surface area contributed by atoms with Crippen LogP contribution in [0.3, 0.4) is 0 Å². The van der Waals surface area contributed by atoms with Gasteiger partial charge in [0.25, 0.3) is 11.7 Å². The molecule has 3 aromatic rings. The maximum atomic E-state index is 13.0. The first-order chi connectivity index (χ1) is 13.0. The molecule has 0 aliphatic carbocycles. The Morgan fingerprint density at radius 2 is 2.00 bits per heavy atom. The third kappa shape index (κ3) is 2.92. The topological polar surface area (TPSA) is 108 Å². The van der Waals surface area contributed by atoms with Gasteiger partial charge in [-0.15, -0.1) is 0 Å². The summed E-state index contributed by atoms with van der Waals surface area (Å²) in [6, 6.07) is 3.42. The summed E-state index contributed by atoms with van der Waals surface area (Å²) in [5.74, 6) is -0.113. The summed E-state index contributed by atoms with van der Waals surface area (Å²) in [7, 11) is 1.31.